The number of carbonyl (C=O) groups is 3. The van der Waals surface area contributed by atoms with E-state index in [1.54, 1.807) is 0 Å². The van der Waals surface area contributed by atoms with Gasteiger partial charge in [0, 0.05) is 20.7 Å². The second-order valence-corrected chi connectivity index (χ2v) is 3.29. The summed E-state index contributed by atoms with van der Waals surface area (Å²) in [6, 6.07) is -0.710. The van der Waals surface area contributed by atoms with Crippen LogP contribution in [-0.2, 0) is 19.2 Å². The van der Waals surface area contributed by atoms with Gasteiger partial charge >= 0.3 is 12.0 Å². The number of aliphatic carboxylic acids is 1. The average molecular weight is 263 g/mol. The Hall–Kier alpha value is -1.87. The van der Waals surface area contributed by atoms with Gasteiger partial charge in [0.05, 0.1) is 6.61 Å². The Morgan fingerprint density at radius 2 is 2.00 bits per heavy atom. The number of hydroxylamine groups is 1. The van der Waals surface area contributed by atoms with Crippen LogP contribution in [0.25, 0.3) is 0 Å². The molecule has 0 heterocycles. The van der Waals surface area contributed by atoms with E-state index in [4.69, 9.17) is 9.84 Å². The summed E-state index contributed by atoms with van der Waals surface area (Å²) in [6.45, 7) is -0.102. The lowest BCUT2D eigenvalue weighted by Crippen LogP contribution is -2.44. The molecule has 3 N–H and O–H groups in total. The minimum Gasteiger partial charge on any atom is -0.479 e. The van der Waals surface area contributed by atoms with Crippen molar-refractivity contribution in [3.05, 3.63) is 0 Å². The van der Waals surface area contributed by atoms with Gasteiger partial charge in [-0.25, -0.2) is 15.1 Å². The van der Waals surface area contributed by atoms with Gasteiger partial charge < -0.3 is 20.1 Å². The third-order valence-corrected chi connectivity index (χ3v) is 1.71. The first-order valence-electron chi connectivity index (χ1n) is 5.07. The predicted molar refractivity (Wildman–Crippen MR) is 59.6 cm³/mol. The summed E-state index contributed by atoms with van der Waals surface area (Å²) in [7, 11) is 2.88. The number of hydrogen-bond donors (Lipinski definition) is 3. The number of carbonyl (C=O) groups excluding carboxylic acids is 2. The minimum atomic E-state index is -1.21. The second-order valence-electron chi connectivity index (χ2n) is 3.29. The van der Waals surface area contributed by atoms with Crippen molar-refractivity contribution in [3.63, 3.8) is 0 Å². The zero-order chi connectivity index (χ0) is 14.0. The molecule has 0 rings (SSSR count). The van der Waals surface area contributed by atoms with Crippen LogP contribution in [0.2, 0.25) is 0 Å². The van der Waals surface area contributed by atoms with E-state index >= 15 is 0 Å². The molecule has 0 atom stereocenters. The highest BCUT2D eigenvalue weighted by molar-refractivity contribution is 5.83. The standard InChI is InChI=1S/C9H17N3O6/c1-12(5-7(13)10-3-4-17-2)9(16)11-18-6-8(14)15/h3-6H2,1-2H3,(H,10,13)(H,11,16)(H,14,15). The number of hydrogen-bond acceptors (Lipinski definition) is 5. The molecular formula is C9H17N3O6. The summed E-state index contributed by atoms with van der Waals surface area (Å²) >= 11 is 0. The highest BCUT2D eigenvalue weighted by Crippen LogP contribution is 1.84. The molecule has 0 radical (unpaired) electrons. The number of rotatable bonds is 8. The van der Waals surface area contributed by atoms with Crippen molar-refractivity contribution in [1.82, 2.24) is 15.7 Å². The number of carboxylic acids is 1. The third kappa shape index (κ3) is 8.30. The van der Waals surface area contributed by atoms with Crippen LogP contribution >= 0.6 is 0 Å². The summed E-state index contributed by atoms with van der Waals surface area (Å²) in [4.78, 5) is 38.1. The summed E-state index contributed by atoms with van der Waals surface area (Å²) < 4.78 is 4.74. The van der Waals surface area contributed by atoms with Gasteiger partial charge in [0.25, 0.3) is 0 Å². The molecule has 9 heteroatoms. The van der Waals surface area contributed by atoms with E-state index in [0.717, 1.165) is 4.90 Å². The van der Waals surface area contributed by atoms with Crippen LogP contribution in [0.4, 0.5) is 4.79 Å². The summed E-state index contributed by atoms with van der Waals surface area (Å²) in [5.74, 6) is -1.57. The van der Waals surface area contributed by atoms with E-state index in [-0.39, 0.29) is 12.5 Å². The largest absolute Gasteiger partial charge is 0.479 e. The molecule has 0 spiro atoms. The van der Waals surface area contributed by atoms with Gasteiger partial charge in [0.2, 0.25) is 5.91 Å². The molecule has 0 aromatic rings. The van der Waals surface area contributed by atoms with Crippen LogP contribution in [0.1, 0.15) is 0 Å². The van der Waals surface area contributed by atoms with Gasteiger partial charge in [-0.15, -0.1) is 0 Å². The van der Waals surface area contributed by atoms with Crippen molar-refractivity contribution in [2.24, 2.45) is 0 Å². The first-order chi connectivity index (χ1) is 8.47. The van der Waals surface area contributed by atoms with E-state index in [1.807, 2.05) is 5.48 Å². The maximum Gasteiger partial charge on any atom is 0.341 e. The van der Waals surface area contributed by atoms with E-state index in [0.29, 0.717) is 13.2 Å². The van der Waals surface area contributed by atoms with Crippen LogP contribution in [0.5, 0.6) is 0 Å². The lowest BCUT2D eigenvalue weighted by atomic mass is 10.5. The molecule has 0 saturated carbocycles. The minimum absolute atomic E-state index is 0.175. The number of nitrogens with zero attached hydrogens (tertiary/aromatic N) is 1. The normalized spacial score (nSPS) is 9.67. The van der Waals surface area contributed by atoms with Gasteiger partial charge in [0.1, 0.15) is 6.54 Å². The number of amides is 3. The highest BCUT2D eigenvalue weighted by atomic mass is 16.7. The molecule has 0 bridgehead atoms. The van der Waals surface area contributed by atoms with Crippen LogP contribution in [-0.4, -0.2) is 68.4 Å². The first kappa shape index (κ1) is 16.1. The summed E-state index contributed by atoms with van der Waals surface area (Å²) in [6.07, 6.45) is 0. The van der Waals surface area contributed by atoms with Crippen molar-refractivity contribution >= 4 is 17.9 Å². The fraction of sp³-hybridized carbons (Fsp3) is 0.667. The monoisotopic (exact) mass is 263 g/mol. The molecule has 0 aliphatic heterocycles. The van der Waals surface area contributed by atoms with E-state index in [9.17, 15) is 14.4 Å². The number of nitrogens with one attached hydrogen (secondary N) is 2. The summed E-state index contributed by atoms with van der Waals surface area (Å²) in [5.41, 5.74) is 1.89. The van der Waals surface area contributed by atoms with E-state index < -0.39 is 18.6 Å². The Morgan fingerprint density at radius 1 is 1.33 bits per heavy atom. The van der Waals surface area contributed by atoms with Crippen molar-refractivity contribution < 1.29 is 29.1 Å². The Balaban J connectivity index is 3.78. The fourth-order valence-electron chi connectivity index (χ4n) is 0.873. The number of urea groups is 1. The van der Waals surface area contributed by atoms with Gasteiger partial charge in [-0.2, -0.15) is 0 Å². The molecule has 18 heavy (non-hydrogen) atoms. The number of methoxy groups -OCH3 is 1. The zero-order valence-corrected chi connectivity index (χ0v) is 10.3. The maximum absolute atomic E-state index is 11.3. The molecular weight excluding hydrogens is 246 g/mol. The quantitative estimate of drug-likeness (QED) is 0.359. The maximum atomic E-state index is 11.3. The predicted octanol–water partition coefficient (Wildman–Crippen LogP) is -1.59. The van der Waals surface area contributed by atoms with E-state index in [1.165, 1.54) is 14.2 Å². The lowest BCUT2D eigenvalue weighted by molar-refractivity contribution is -0.144. The van der Waals surface area contributed by atoms with Gasteiger partial charge in [-0.1, -0.05) is 0 Å². The number of ether oxygens (including phenoxy) is 1. The zero-order valence-electron chi connectivity index (χ0n) is 10.3. The van der Waals surface area contributed by atoms with Crippen LogP contribution < -0.4 is 10.8 Å². The van der Waals surface area contributed by atoms with Crippen molar-refractivity contribution in [2.45, 2.75) is 0 Å². The Labute approximate surface area is 104 Å². The molecule has 9 nitrogen and oxygen atoms in total. The smallest absolute Gasteiger partial charge is 0.341 e. The second kappa shape index (κ2) is 9.19. The molecule has 0 unspecified atom stereocenters. The molecule has 3 amide bonds. The Bertz CT molecular complexity index is 296. The van der Waals surface area contributed by atoms with Gasteiger partial charge in [0.15, 0.2) is 6.61 Å². The van der Waals surface area contributed by atoms with E-state index in [2.05, 4.69) is 10.2 Å². The van der Waals surface area contributed by atoms with Crippen molar-refractivity contribution in [1.29, 1.82) is 0 Å². The molecule has 0 aliphatic carbocycles. The highest BCUT2D eigenvalue weighted by Gasteiger charge is 2.12. The third-order valence-electron chi connectivity index (χ3n) is 1.71. The van der Waals surface area contributed by atoms with Crippen LogP contribution in [0, 0.1) is 0 Å². The lowest BCUT2D eigenvalue weighted by Gasteiger charge is -2.16. The SMILES string of the molecule is COCCNC(=O)CN(C)C(=O)NOCC(=O)O. The fourth-order valence-corrected chi connectivity index (χ4v) is 0.873. The van der Waals surface area contributed by atoms with Crippen molar-refractivity contribution in [2.75, 3.05) is 40.5 Å². The molecule has 0 aliphatic rings. The van der Waals surface area contributed by atoms with Gasteiger partial charge in [-0.3, -0.25) is 9.63 Å². The molecule has 0 aromatic carbocycles. The number of likely N-dealkylation sites (N-methyl/N-ethyl adjacent to an activating group) is 1. The Morgan fingerprint density at radius 3 is 2.56 bits per heavy atom. The topological polar surface area (TPSA) is 117 Å². The Kier molecular flexibility index (Phi) is 8.24. The molecule has 0 fully saturated rings. The molecule has 0 saturated heterocycles. The molecule has 0 aromatic heterocycles. The van der Waals surface area contributed by atoms with Crippen LogP contribution in [0.15, 0.2) is 0 Å². The van der Waals surface area contributed by atoms with Crippen LogP contribution in [0.3, 0.4) is 0 Å². The first-order valence-corrected chi connectivity index (χ1v) is 5.07. The van der Waals surface area contributed by atoms with Crippen molar-refractivity contribution in [3.8, 4) is 0 Å². The molecule has 104 valence electrons. The number of carboxylic acid groups (broad SMARTS) is 1. The van der Waals surface area contributed by atoms with Gasteiger partial charge in [-0.05, 0) is 0 Å². The average Bonchev–Trinajstić information content (AvgIpc) is 2.28. The summed E-state index contributed by atoms with van der Waals surface area (Å²) in [5, 5.41) is 10.8.